The van der Waals surface area contributed by atoms with Gasteiger partial charge in [0.1, 0.15) is 0 Å². The minimum absolute atomic E-state index is 0.0131. The predicted octanol–water partition coefficient (Wildman–Crippen LogP) is 2.11. The first-order valence-electron chi connectivity index (χ1n) is 4.99. The van der Waals surface area contributed by atoms with Crippen LogP contribution in [-0.4, -0.2) is 20.6 Å². The number of rotatable bonds is 3. The summed E-state index contributed by atoms with van der Waals surface area (Å²) in [6.07, 6.45) is 0.271. The van der Waals surface area contributed by atoms with E-state index in [2.05, 4.69) is 10.7 Å². The van der Waals surface area contributed by atoms with Gasteiger partial charge in [0.15, 0.2) is 0 Å². The van der Waals surface area contributed by atoms with Crippen LogP contribution in [-0.2, 0) is 15.8 Å². The van der Waals surface area contributed by atoms with Gasteiger partial charge in [0.25, 0.3) is 0 Å². The molecule has 0 bridgehead atoms. The van der Waals surface area contributed by atoms with Crippen molar-refractivity contribution in [1.29, 1.82) is 0 Å². The standard InChI is InChI=1S/C11H9N2O3P/c14-11(15)6-5-10-12-8-3-1-2-4-9(8)13(10)7-17-16/h1-4H,5-6H2,(H,14,15). The van der Waals surface area contributed by atoms with Gasteiger partial charge in [-0.3, -0.25) is 0 Å². The van der Waals surface area contributed by atoms with Crippen LogP contribution >= 0.6 is 7.92 Å². The fourth-order valence-corrected chi connectivity index (χ4v) is 1.92. The Bertz CT molecular complexity index is 672. The number of aryl methyl sites for hydroxylation is 1. The van der Waals surface area contributed by atoms with Gasteiger partial charge in [-0.15, -0.1) is 0 Å². The fraction of sp³-hybridized carbons (Fsp3) is 0.182. The molecule has 0 radical (unpaired) electrons. The van der Waals surface area contributed by atoms with Gasteiger partial charge in [0.2, 0.25) is 0 Å². The first-order chi connectivity index (χ1) is 8.22. The molecule has 1 heterocycles. The van der Waals surface area contributed by atoms with E-state index in [0.29, 0.717) is 5.82 Å². The molecule has 0 saturated carbocycles. The van der Waals surface area contributed by atoms with E-state index < -0.39 is 5.97 Å². The molecule has 0 amide bonds. The number of carbonyl (C=O) groups is 1. The summed E-state index contributed by atoms with van der Waals surface area (Å²) in [6.45, 7) is 0. The first-order valence-corrected chi connectivity index (χ1v) is 5.80. The summed E-state index contributed by atoms with van der Waals surface area (Å²) in [5.41, 5.74) is 1.51. The number of aliphatic carboxylic acids is 1. The molecule has 0 atom stereocenters. The topological polar surface area (TPSA) is 72.2 Å². The average molecular weight is 248 g/mol. The second-order valence-corrected chi connectivity index (χ2v) is 3.82. The van der Waals surface area contributed by atoms with Crippen LogP contribution in [0.5, 0.6) is 0 Å². The fourth-order valence-electron chi connectivity index (χ4n) is 1.61. The van der Waals surface area contributed by atoms with Crippen LogP contribution in [0.15, 0.2) is 24.3 Å². The third-order valence-corrected chi connectivity index (χ3v) is 2.62. The van der Waals surface area contributed by atoms with Gasteiger partial charge in [-0.1, -0.05) is 0 Å². The predicted molar refractivity (Wildman–Crippen MR) is 62.6 cm³/mol. The van der Waals surface area contributed by atoms with Crippen molar-refractivity contribution in [2.75, 3.05) is 0 Å². The van der Waals surface area contributed by atoms with E-state index in [9.17, 15) is 9.36 Å². The average Bonchev–Trinajstić information content (AvgIpc) is 2.66. The maximum atomic E-state index is 10.6. The summed E-state index contributed by atoms with van der Waals surface area (Å²) in [5.74, 6) is 2.27. The van der Waals surface area contributed by atoms with Gasteiger partial charge < -0.3 is 0 Å². The molecule has 0 fully saturated rings. The Hall–Kier alpha value is -1.83. The van der Waals surface area contributed by atoms with Crippen LogP contribution in [0.25, 0.3) is 11.0 Å². The third-order valence-electron chi connectivity index (χ3n) is 2.33. The molecule has 1 aromatic heterocycles. The third kappa shape index (κ3) is 2.47. The van der Waals surface area contributed by atoms with Crippen molar-refractivity contribution in [3.05, 3.63) is 30.1 Å². The Labute approximate surface area is 98.2 Å². The summed E-state index contributed by atoms with van der Waals surface area (Å²) in [4.78, 5) is 14.8. The van der Waals surface area contributed by atoms with Gasteiger partial charge in [0, 0.05) is 0 Å². The number of benzene rings is 1. The number of carboxylic acid groups (broad SMARTS) is 1. The molecule has 17 heavy (non-hydrogen) atoms. The van der Waals surface area contributed by atoms with Gasteiger partial charge in [0.05, 0.1) is 0 Å². The van der Waals surface area contributed by atoms with Gasteiger partial charge >= 0.3 is 97.6 Å². The van der Waals surface area contributed by atoms with Crippen LogP contribution in [0.4, 0.5) is 0 Å². The maximum absolute atomic E-state index is 10.6. The van der Waals surface area contributed by atoms with E-state index in [1.807, 2.05) is 24.3 Å². The number of hydrogen-bond donors (Lipinski definition) is 1. The van der Waals surface area contributed by atoms with Crippen molar-refractivity contribution in [3.63, 3.8) is 0 Å². The molecule has 0 aliphatic heterocycles. The van der Waals surface area contributed by atoms with Crippen molar-refractivity contribution in [2.45, 2.75) is 12.8 Å². The number of imidazole rings is 1. The zero-order chi connectivity index (χ0) is 12.3. The van der Waals surface area contributed by atoms with E-state index >= 15 is 0 Å². The van der Waals surface area contributed by atoms with Gasteiger partial charge in [-0.2, -0.15) is 0 Å². The molecule has 0 spiro atoms. The molecule has 2 aromatic rings. The molecular weight excluding hydrogens is 239 g/mol. The number of para-hydroxylation sites is 2. The van der Waals surface area contributed by atoms with E-state index in [-0.39, 0.29) is 20.8 Å². The summed E-state index contributed by atoms with van der Waals surface area (Å²) in [5, 5.41) is 8.65. The van der Waals surface area contributed by atoms with E-state index in [0.717, 1.165) is 11.0 Å². The quantitative estimate of drug-likeness (QED) is 0.844. The van der Waals surface area contributed by atoms with Crippen molar-refractivity contribution in [1.82, 2.24) is 9.55 Å². The zero-order valence-corrected chi connectivity index (χ0v) is 9.72. The second-order valence-electron chi connectivity index (χ2n) is 3.44. The Morgan fingerprint density at radius 1 is 1.47 bits per heavy atom. The van der Waals surface area contributed by atoms with Crippen LogP contribution < -0.4 is 0 Å². The molecule has 1 aromatic carbocycles. The minimum atomic E-state index is -0.886. The molecule has 1 N–H and O–H groups in total. The molecule has 0 aliphatic rings. The van der Waals surface area contributed by atoms with Crippen LogP contribution in [0, 0.1) is 5.75 Å². The molecule has 0 aliphatic carbocycles. The molecule has 5 nitrogen and oxygen atoms in total. The molecule has 0 unspecified atom stereocenters. The van der Waals surface area contributed by atoms with Crippen LogP contribution in [0.2, 0.25) is 0 Å². The summed E-state index contributed by atoms with van der Waals surface area (Å²) >= 11 is 0. The second kappa shape index (κ2) is 5.00. The number of nitrogens with zero attached hydrogens (tertiary/aromatic N) is 2. The Morgan fingerprint density at radius 2 is 2.24 bits per heavy atom. The number of aromatic nitrogens is 2. The number of carboxylic acids is 1. The van der Waals surface area contributed by atoms with E-state index in [1.165, 1.54) is 0 Å². The summed E-state index contributed by atoms with van der Waals surface area (Å²) in [7, 11) is -0.258. The molecular formula is C11H9N2O3P. The van der Waals surface area contributed by atoms with Crippen molar-refractivity contribution < 1.29 is 14.5 Å². The summed E-state index contributed by atoms with van der Waals surface area (Å²) < 4.78 is 12.2. The van der Waals surface area contributed by atoms with E-state index in [1.54, 1.807) is 4.57 Å². The molecule has 2 rings (SSSR count). The Balaban J connectivity index is 2.52. The zero-order valence-electron chi connectivity index (χ0n) is 8.83. The molecule has 0 saturated heterocycles. The normalized spacial score (nSPS) is 10.1. The molecule has 86 valence electrons. The van der Waals surface area contributed by atoms with Crippen LogP contribution in [0.3, 0.4) is 0 Å². The number of hydrogen-bond acceptors (Lipinski definition) is 3. The first kappa shape index (κ1) is 11.6. The molecule has 6 heteroatoms. The monoisotopic (exact) mass is 248 g/mol. The van der Waals surface area contributed by atoms with Crippen molar-refractivity contribution in [3.8, 4) is 5.75 Å². The Morgan fingerprint density at radius 3 is 2.94 bits per heavy atom. The summed E-state index contributed by atoms with van der Waals surface area (Å²) in [6, 6.07) is 7.32. The van der Waals surface area contributed by atoms with Gasteiger partial charge in [-0.25, -0.2) is 0 Å². The van der Waals surface area contributed by atoms with Crippen molar-refractivity contribution in [2.24, 2.45) is 0 Å². The Kier molecular flexibility index (Phi) is 3.43. The SMILES string of the molecule is O=P#Cn1c(CCC(=O)O)nc2ccccc21. The number of fused-ring (bicyclic) bond motifs is 1. The van der Waals surface area contributed by atoms with Gasteiger partial charge in [-0.05, 0) is 0 Å². The van der Waals surface area contributed by atoms with Crippen LogP contribution in [0.1, 0.15) is 12.2 Å². The van der Waals surface area contributed by atoms with E-state index in [4.69, 9.17) is 5.11 Å². The van der Waals surface area contributed by atoms with Crippen molar-refractivity contribution >= 4 is 24.9 Å².